The van der Waals surface area contributed by atoms with Gasteiger partial charge in [0.25, 0.3) is 5.91 Å². The van der Waals surface area contributed by atoms with E-state index in [0.717, 1.165) is 5.69 Å². The predicted molar refractivity (Wildman–Crippen MR) is 93.3 cm³/mol. The summed E-state index contributed by atoms with van der Waals surface area (Å²) in [6.07, 6.45) is 0. The summed E-state index contributed by atoms with van der Waals surface area (Å²) in [6, 6.07) is 10.4. The molecule has 6 heteroatoms. The summed E-state index contributed by atoms with van der Waals surface area (Å²) in [4.78, 5) is 14.4. The molecule has 0 aromatic heterocycles. The summed E-state index contributed by atoms with van der Waals surface area (Å²) < 4.78 is 10.4. The molecule has 1 amide bonds. The number of anilines is 2. The minimum absolute atomic E-state index is 0.271. The third-order valence-electron chi connectivity index (χ3n) is 3.30. The first-order valence-electron chi connectivity index (χ1n) is 6.96. The van der Waals surface area contributed by atoms with E-state index in [1.54, 1.807) is 36.4 Å². The Kier molecular flexibility index (Phi) is 5.34. The van der Waals surface area contributed by atoms with Crippen LogP contribution in [0.1, 0.15) is 10.4 Å². The lowest BCUT2D eigenvalue weighted by molar-refractivity contribution is 0.102. The fourth-order valence-electron chi connectivity index (χ4n) is 2.20. The molecule has 0 aliphatic carbocycles. The summed E-state index contributed by atoms with van der Waals surface area (Å²) in [7, 11) is 6.81. The molecule has 0 bridgehead atoms. The average molecular weight is 335 g/mol. The lowest BCUT2D eigenvalue weighted by Crippen LogP contribution is -2.17. The summed E-state index contributed by atoms with van der Waals surface area (Å²) in [6.45, 7) is 0. The molecule has 122 valence electrons. The number of rotatable bonds is 5. The summed E-state index contributed by atoms with van der Waals surface area (Å²) in [5, 5.41) is 3.44. The fraction of sp³-hybridized carbons (Fsp3) is 0.235. The van der Waals surface area contributed by atoms with Crippen molar-refractivity contribution in [3.05, 3.63) is 47.0 Å². The zero-order chi connectivity index (χ0) is 17.0. The molecule has 0 spiro atoms. The molecular formula is C17H19ClN2O3. The van der Waals surface area contributed by atoms with Gasteiger partial charge < -0.3 is 19.7 Å². The Labute approximate surface area is 140 Å². The first-order valence-corrected chi connectivity index (χ1v) is 7.34. The Hall–Kier alpha value is -2.40. The summed E-state index contributed by atoms with van der Waals surface area (Å²) in [5.41, 5.74) is 1.82. The van der Waals surface area contributed by atoms with Gasteiger partial charge in [-0.05, 0) is 24.3 Å². The van der Waals surface area contributed by atoms with E-state index in [1.807, 2.05) is 19.0 Å². The highest BCUT2D eigenvalue weighted by Gasteiger charge is 2.14. The lowest BCUT2D eigenvalue weighted by atomic mass is 10.1. The van der Waals surface area contributed by atoms with Crippen LogP contribution in [-0.2, 0) is 0 Å². The van der Waals surface area contributed by atoms with Crippen LogP contribution in [0.2, 0.25) is 5.02 Å². The number of nitrogens with zero attached hydrogens (tertiary/aromatic N) is 1. The predicted octanol–water partition coefficient (Wildman–Crippen LogP) is 3.68. The van der Waals surface area contributed by atoms with Gasteiger partial charge in [-0.2, -0.15) is 0 Å². The van der Waals surface area contributed by atoms with Gasteiger partial charge in [0.15, 0.2) is 0 Å². The Morgan fingerprint density at radius 3 is 2.22 bits per heavy atom. The average Bonchev–Trinajstić information content (AvgIpc) is 2.53. The monoisotopic (exact) mass is 334 g/mol. The van der Waals surface area contributed by atoms with Crippen molar-refractivity contribution in [1.82, 2.24) is 0 Å². The number of para-hydroxylation sites is 1. The van der Waals surface area contributed by atoms with Gasteiger partial charge in [-0.25, -0.2) is 0 Å². The van der Waals surface area contributed by atoms with Crippen LogP contribution >= 0.6 is 11.6 Å². The minimum Gasteiger partial charge on any atom is -0.497 e. The Morgan fingerprint density at radius 1 is 1.09 bits per heavy atom. The van der Waals surface area contributed by atoms with E-state index < -0.39 is 0 Å². The van der Waals surface area contributed by atoms with Crippen molar-refractivity contribution < 1.29 is 14.3 Å². The molecule has 2 aromatic carbocycles. The van der Waals surface area contributed by atoms with Crippen LogP contribution in [0.4, 0.5) is 11.4 Å². The number of ether oxygens (including phenoxy) is 2. The Bertz CT molecular complexity index is 695. The van der Waals surface area contributed by atoms with Gasteiger partial charge in [0.1, 0.15) is 11.5 Å². The number of nitrogens with one attached hydrogen (secondary N) is 1. The summed E-state index contributed by atoms with van der Waals surface area (Å²) in [5.74, 6) is 0.828. The van der Waals surface area contributed by atoms with Crippen molar-refractivity contribution in [2.75, 3.05) is 38.5 Å². The molecule has 2 rings (SSSR count). The Morgan fingerprint density at radius 2 is 1.70 bits per heavy atom. The maximum atomic E-state index is 12.6. The van der Waals surface area contributed by atoms with Crippen LogP contribution in [0.15, 0.2) is 36.4 Å². The van der Waals surface area contributed by atoms with Gasteiger partial charge >= 0.3 is 0 Å². The molecule has 0 atom stereocenters. The molecule has 0 radical (unpaired) electrons. The van der Waals surface area contributed by atoms with E-state index in [-0.39, 0.29) is 5.91 Å². The smallest absolute Gasteiger partial charge is 0.255 e. The zero-order valence-electron chi connectivity index (χ0n) is 13.5. The SMILES string of the molecule is COc1cc(OC)cc(C(=O)Nc2cccc(Cl)c2N(C)C)c1. The molecule has 0 aliphatic heterocycles. The van der Waals surface area contributed by atoms with E-state index in [4.69, 9.17) is 21.1 Å². The van der Waals surface area contributed by atoms with E-state index in [2.05, 4.69) is 5.32 Å². The summed E-state index contributed by atoms with van der Waals surface area (Å²) >= 11 is 6.22. The lowest BCUT2D eigenvalue weighted by Gasteiger charge is -2.19. The molecular weight excluding hydrogens is 316 g/mol. The van der Waals surface area contributed by atoms with Crippen molar-refractivity contribution in [2.24, 2.45) is 0 Å². The van der Waals surface area contributed by atoms with Crippen molar-refractivity contribution in [1.29, 1.82) is 0 Å². The van der Waals surface area contributed by atoms with Crippen molar-refractivity contribution in [3.63, 3.8) is 0 Å². The van der Waals surface area contributed by atoms with Gasteiger partial charge in [0.2, 0.25) is 0 Å². The number of hydrogen-bond acceptors (Lipinski definition) is 4. The van der Waals surface area contributed by atoms with Gasteiger partial charge in [-0.3, -0.25) is 4.79 Å². The molecule has 23 heavy (non-hydrogen) atoms. The molecule has 5 nitrogen and oxygen atoms in total. The quantitative estimate of drug-likeness (QED) is 0.906. The van der Waals surface area contributed by atoms with Gasteiger partial charge in [-0.1, -0.05) is 17.7 Å². The van der Waals surface area contributed by atoms with Crippen LogP contribution in [0.3, 0.4) is 0 Å². The van der Waals surface area contributed by atoms with E-state index in [1.165, 1.54) is 14.2 Å². The number of halogens is 1. The highest BCUT2D eigenvalue weighted by Crippen LogP contribution is 2.33. The molecule has 0 saturated heterocycles. The Balaban J connectivity index is 2.35. The first-order chi connectivity index (χ1) is 11.0. The molecule has 1 N–H and O–H groups in total. The van der Waals surface area contributed by atoms with E-state index in [0.29, 0.717) is 27.8 Å². The second kappa shape index (κ2) is 7.24. The molecule has 0 heterocycles. The third-order valence-corrected chi connectivity index (χ3v) is 3.60. The molecule has 0 fully saturated rings. The number of amides is 1. The van der Waals surface area contributed by atoms with Gasteiger partial charge in [-0.15, -0.1) is 0 Å². The highest BCUT2D eigenvalue weighted by molar-refractivity contribution is 6.34. The van der Waals surface area contributed by atoms with Gasteiger partial charge in [0.05, 0.1) is 30.6 Å². The van der Waals surface area contributed by atoms with Crippen LogP contribution in [0, 0.1) is 0 Å². The number of hydrogen-bond donors (Lipinski definition) is 1. The minimum atomic E-state index is -0.271. The third kappa shape index (κ3) is 3.87. The van der Waals surface area contributed by atoms with Crippen molar-refractivity contribution in [2.45, 2.75) is 0 Å². The highest BCUT2D eigenvalue weighted by atomic mass is 35.5. The molecule has 2 aromatic rings. The first kappa shape index (κ1) is 17.0. The second-order valence-electron chi connectivity index (χ2n) is 5.09. The van der Waals surface area contributed by atoms with Crippen molar-refractivity contribution in [3.8, 4) is 11.5 Å². The van der Waals surface area contributed by atoms with Crippen molar-refractivity contribution >= 4 is 28.9 Å². The largest absolute Gasteiger partial charge is 0.497 e. The maximum absolute atomic E-state index is 12.6. The van der Waals surface area contributed by atoms with Crippen LogP contribution in [-0.4, -0.2) is 34.2 Å². The molecule has 0 saturated carbocycles. The molecule has 0 aliphatic rings. The maximum Gasteiger partial charge on any atom is 0.255 e. The van der Waals surface area contributed by atoms with Crippen LogP contribution < -0.4 is 19.7 Å². The van der Waals surface area contributed by atoms with Crippen LogP contribution in [0.25, 0.3) is 0 Å². The standard InChI is InChI=1S/C17H19ClN2O3/c1-20(2)16-14(18)6-5-7-15(16)19-17(21)11-8-12(22-3)10-13(9-11)23-4/h5-10H,1-4H3,(H,19,21). The number of carbonyl (C=O) groups excluding carboxylic acids is 1. The second-order valence-corrected chi connectivity index (χ2v) is 5.49. The zero-order valence-corrected chi connectivity index (χ0v) is 14.3. The number of benzene rings is 2. The fourth-order valence-corrected chi connectivity index (χ4v) is 2.55. The van der Waals surface area contributed by atoms with Crippen LogP contribution in [0.5, 0.6) is 11.5 Å². The van der Waals surface area contributed by atoms with E-state index in [9.17, 15) is 4.79 Å². The normalized spacial score (nSPS) is 10.1. The topological polar surface area (TPSA) is 50.8 Å². The van der Waals surface area contributed by atoms with Gasteiger partial charge in [0, 0.05) is 25.7 Å². The number of carbonyl (C=O) groups is 1. The van der Waals surface area contributed by atoms with E-state index >= 15 is 0 Å². The number of methoxy groups -OCH3 is 2. The molecule has 0 unspecified atom stereocenters.